The largest absolute Gasteiger partial charge is 0.383 e. The van der Waals surface area contributed by atoms with Crippen molar-refractivity contribution in [2.45, 2.75) is 42.7 Å². The van der Waals surface area contributed by atoms with Crippen LogP contribution in [0.5, 0.6) is 0 Å². The van der Waals surface area contributed by atoms with Crippen LogP contribution < -0.4 is 10.5 Å². The number of fused-ring (bicyclic) bond motifs is 1. The first kappa shape index (κ1) is 28.9. The molecule has 226 valence electrons. The second-order valence-corrected chi connectivity index (χ2v) is 12.8. The van der Waals surface area contributed by atoms with Crippen LogP contribution in [0, 0.1) is 15.9 Å². The number of non-ortho nitro benzene ring substituents is 1. The third-order valence-electron chi connectivity index (χ3n) is 8.41. The number of hydrogen-bond acceptors (Lipinski definition) is 10. The first-order valence-electron chi connectivity index (χ1n) is 14.1. The predicted octanol–water partition coefficient (Wildman–Crippen LogP) is 3.65. The van der Waals surface area contributed by atoms with Gasteiger partial charge in [0, 0.05) is 49.9 Å². The maximum atomic E-state index is 15.4. The highest BCUT2D eigenvalue weighted by atomic mass is 32.2. The molecule has 3 N–H and O–H groups in total. The minimum atomic E-state index is -4.30. The van der Waals surface area contributed by atoms with E-state index in [-0.39, 0.29) is 22.4 Å². The van der Waals surface area contributed by atoms with Gasteiger partial charge in [-0.1, -0.05) is 12.1 Å². The Morgan fingerprint density at radius 2 is 1.74 bits per heavy atom. The molecule has 13 nitrogen and oxygen atoms in total. The van der Waals surface area contributed by atoms with Gasteiger partial charge in [-0.2, -0.15) is 5.10 Å². The summed E-state index contributed by atoms with van der Waals surface area (Å²) in [5.41, 5.74) is 6.92. The van der Waals surface area contributed by atoms with Crippen molar-refractivity contribution >= 4 is 38.2 Å². The van der Waals surface area contributed by atoms with Gasteiger partial charge < -0.3 is 10.6 Å². The number of nitrogens with one attached hydrogen (secondary N) is 1. The number of aromatic nitrogens is 4. The van der Waals surface area contributed by atoms with Gasteiger partial charge in [-0.25, -0.2) is 27.5 Å². The molecule has 2 aliphatic rings. The summed E-state index contributed by atoms with van der Waals surface area (Å²) >= 11 is 0. The Morgan fingerprint density at radius 1 is 1.02 bits per heavy atom. The Labute approximate surface area is 247 Å². The van der Waals surface area contributed by atoms with Crippen molar-refractivity contribution in [3.8, 4) is 11.3 Å². The van der Waals surface area contributed by atoms with Crippen LogP contribution >= 0.6 is 0 Å². The summed E-state index contributed by atoms with van der Waals surface area (Å²) in [5, 5.41) is 16.4. The molecule has 0 radical (unpaired) electrons. The van der Waals surface area contributed by atoms with E-state index < -0.39 is 26.5 Å². The average Bonchev–Trinajstić information content (AvgIpc) is 3.40. The van der Waals surface area contributed by atoms with Crippen molar-refractivity contribution in [1.29, 1.82) is 0 Å². The van der Waals surface area contributed by atoms with Crippen LogP contribution in [0.3, 0.4) is 0 Å². The van der Waals surface area contributed by atoms with E-state index in [0.717, 1.165) is 57.9 Å². The molecular weight excluding hydrogens is 577 g/mol. The molecule has 2 aromatic heterocycles. The SMILES string of the molecule is CN1CCN(C2CCC(n3nc(-c4ccc(NS(=O)(=O)c5cccc([N+](=O)[O-])c5)c(F)c4)c4c(N)ncnc43)CC2)CC1. The molecule has 6 rings (SSSR count). The van der Waals surface area contributed by atoms with Crippen molar-refractivity contribution < 1.29 is 17.7 Å². The summed E-state index contributed by atoms with van der Waals surface area (Å²) in [6, 6.07) is 9.16. The van der Waals surface area contributed by atoms with E-state index >= 15 is 4.39 Å². The summed E-state index contributed by atoms with van der Waals surface area (Å²) in [5.74, 6) is -0.634. The van der Waals surface area contributed by atoms with Crippen molar-refractivity contribution in [2.24, 2.45) is 0 Å². The van der Waals surface area contributed by atoms with Crippen LogP contribution in [-0.2, 0) is 10.0 Å². The van der Waals surface area contributed by atoms with E-state index in [1.165, 1.54) is 42.7 Å². The zero-order chi connectivity index (χ0) is 30.3. The Bertz CT molecular complexity index is 1780. The van der Waals surface area contributed by atoms with E-state index in [2.05, 4.69) is 31.5 Å². The first-order chi connectivity index (χ1) is 20.6. The molecule has 4 aromatic rings. The quantitative estimate of drug-likeness (QED) is 0.233. The highest BCUT2D eigenvalue weighted by molar-refractivity contribution is 7.92. The van der Waals surface area contributed by atoms with Gasteiger partial charge in [0.1, 0.15) is 23.7 Å². The van der Waals surface area contributed by atoms with Crippen molar-refractivity contribution in [2.75, 3.05) is 43.7 Å². The number of benzene rings is 2. The summed E-state index contributed by atoms with van der Waals surface area (Å²) in [7, 11) is -2.14. The van der Waals surface area contributed by atoms with Gasteiger partial charge in [0.05, 0.1) is 26.9 Å². The van der Waals surface area contributed by atoms with E-state index in [1.54, 1.807) is 0 Å². The third-order valence-corrected chi connectivity index (χ3v) is 9.77. The lowest BCUT2D eigenvalue weighted by atomic mass is 9.90. The number of nitrogens with two attached hydrogens (primary N) is 1. The molecule has 1 aliphatic carbocycles. The van der Waals surface area contributed by atoms with E-state index in [1.807, 2.05) is 4.68 Å². The van der Waals surface area contributed by atoms with Crippen LogP contribution in [0.15, 0.2) is 53.7 Å². The predicted molar refractivity (Wildman–Crippen MR) is 159 cm³/mol. The molecule has 3 heterocycles. The van der Waals surface area contributed by atoms with Gasteiger partial charge in [0.2, 0.25) is 0 Å². The number of nitro benzene ring substituents is 1. The number of rotatable bonds is 7. The maximum Gasteiger partial charge on any atom is 0.270 e. The Hall–Kier alpha value is -4.21. The molecule has 1 aliphatic heterocycles. The average molecular weight is 610 g/mol. The lowest BCUT2D eigenvalue weighted by Gasteiger charge is -2.41. The van der Waals surface area contributed by atoms with E-state index in [4.69, 9.17) is 10.8 Å². The number of piperazine rings is 1. The summed E-state index contributed by atoms with van der Waals surface area (Å²) in [6.45, 7) is 4.31. The standard InChI is InChI=1S/C28H32FN9O4S/c1-35-11-13-36(14-12-35)19-6-8-20(9-7-19)37-28-25(27(30)31-17-32-28)26(33-37)18-5-10-24(23(29)15-18)34-43(41,42)22-4-2-3-21(16-22)38(39)40/h2-5,10,15-17,19-20,34H,6-9,11-14H2,1H3,(H2,30,31,32). The molecule has 0 amide bonds. The topological polar surface area (TPSA) is 165 Å². The van der Waals surface area contributed by atoms with Crippen molar-refractivity contribution in [3.05, 3.63) is 64.7 Å². The van der Waals surface area contributed by atoms with Gasteiger partial charge in [0.25, 0.3) is 15.7 Å². The molecule has 0 unspecified atom stereocenters. The molecule has 2 aromatic carbocycles. The molecular formula is C28H32FN9O4S. The van der Waals surface area contributed by atoms with Crippen LogP contribution in [0.2, 0.25) is 0 Å². The Kier molecular flexibility index (Phi) is 7.70. The number of nitro groups is 1. The number of sulfonamides is 1. The second-order valence-electron chi connectivity index (χ2n) is 11.1. The lowest BCUT2D eigenvalue weighted by molar-refractivity contribution is -0.385. The number of nitrogens with zero attached hydrogens (tertiary/aromatic N) is 7. The van der Waals surface area contributed by atoms with Crippen molar-refractivity contribution in [3.63, 3.8) is 0 Å². The smallest absolute Gasteiger partial charge is 0.270 e. The third kappa shape index (κ3) is 5.75. The van der Waals surface area contributed by atoms with Crippen LogP contribution in [0.25, 0.3) is 22.3 Å². The number of anilines is 2. The number of nitrogen functional groups attached to an aromatic ring is 1. The number of likely N-dealkylation sites (N-methyl/N-ethyl adjacent to an activating group) is 1. The summed E-state index contributed by atoms with van der Waals surface area (Å²) in [6.07, 6.45) is 5.31. The number of halogens is 1. The molecule has 15 heteroatoms. The maximum absolute atomic E-state index is 15.4. The Morgan fingerprint density at radius 3 is 2.44 bits per heavy atom. The van der Waals surface area contributed by atoms with Gasteiger partial charge in [-0.05, 0) is 50.9 Å². The van der Waals surface area contributed by atoms with Crippen LogP contribution in [0.4, 0.5) is 21.6 Å². The zero-order valence-electron chi connectivity index (χ0n) is 23.6. The van der Waals surface area contributed by atoms with Crippen molar-refractivity contribution in [1.82, 2.24) is 29.5 Å². The van der Waals surface area contributed by atoms with Crippen LogP contribution in [-0.4, -0.2) is 82.2 Å². The minimum Gasteiger partial charge on any atom is -0.383 e. The second kappa shape index (κ2) is 11.5. The van der Waals surface area contributed by atoms with Gasteiger partial charge >= 0.3 is 0 Å². The molecule has 0 spiro atoms. The highest BCUT2D eigenvalue weighted by Gasteiger charge is 2.31. The molecule has 1 saturated carbocycles. The molecule has 1 saturated heterocycles. The number of hydrogen-bond donors (Lipinski definition) is 2. The minimum absolute atomic E-state index is 0.0973. The highest BCUT2D eigenvalue weighted by Crippen LogP contribution is 2.38. The molecule has 0 bridgehead atoms. The summed E-state index contributed by atoms with van der Waals surface area (Å²) < 4.78 is 45.1. The first-order valence-corrected chi connectivity index (χ1v) is 15.6. The zero-order valence-corrected chi connectivity index (χ0v) is 24.4. The lowest BCUT2D eigenvalue weighted by Crippen LogP contribution is -2.49. The van der Waals surface area contributed by atoms with E-state index in [0.29, 0.717) is 28.3 Å². The van der Waals surface area contributed by atoms with Crippen LogP contribution in [0.1, 0.15) is 31.7 Å². The van der Waals surface area contributed by atoms with E-state index in [9.17, 15) is 18.5 Å². The molecule has 43 heavy (non-hydrogen) atoms. The molecule has 2 fully saturated rings. The fourth-order valence-corrected chi connectivity index (χ4v) is 7.13. The monoisotopic (exact) mass is 609 g/mol. The fourth-order valence-electron chi connectivity index (χ4n) is 6.02. The van der Waals surface area contributed by atoms with Gasteiger partial charge in [-0.15, -0.1) is 0 Å². The molecule has 0 atom stereocenters. The normalized spacial score (nSPS) is 20.3. The van der Waals surface area contributed by atoms with Gasteiger partial charge in [0.15, 0.2) is 5.65 Å². The summed E-state index contributed by atoms with van der Waals surface area (Å²) in [4.78, 5) is 23.6. The van der Waals surface area contributed by atoms with Gasteiger partial charge in [-0.3, -0.25) is 19.7 Å². The Balaban J connectivity index is 1.26. The fraction of sp³-hybridized carbons (Fsp3) is 0.393.